The van der Waals surface area contributed by atoms with Crippen LogP contribution >= 0.6 is 11.6 Å². The molecule has 1 amide bonds. The number of carbonyl (C=O) groups is 4. The van der Waals surface area contributed by atoms with Crippen molar-refractivity contribution in [2.75, 3.05) is 11.5 Å². The largest absolute Gasteiger partial charge is 0.473 e. The van der Waals surface area contributed by atoms with Gasteiger partial charge in [0.2, 0.25) is 0 Å². The van der Waals surface area contributed by atoms with Crippen LogP contribution < -0.4 is 4.90 Å². The van der Waals surface area contributed by atoms with Gasteiger partial charge in [-0.15, -0.1) is 0 Å². The molecule has 0 aliphatic carbocycles. The van der Waals surface area contributed by atoms with Gasteiger partial charge in [-0.3, -0.25) is 9.69 Å². The van der Waals surface area contributed by atoms with Crippen molar-refractivity contribution in [3.8, 4) is 0 Å². The van der Waals surface area contributed by atoms with Gasteiger partial charge in [0, 0.05) is 16.8 Å². The first-order valence-electron chi connectivity index (χ1n) is 7.16. The van der Waals surface area contributed by atoms with Gasteiger partial charge in [0.05, 0.1) is 6.61 Å². The SMILES string of the molecule is CCOC(=O)C1(C)C=C(OC(=O)C(=O)O)C(=O)N1c1ccc(Cl)cc1. The Kier molecular flexibility index (Phi) is 5.13. The monoisotopic (exact) mass is 367 g/mol. The van der Waals surface area contributed by atoms with Gasteiger partial charge in [-0.1, -0.05) is 11.6 Å². The maximum Gasteiger partial charge on any atom is 0.422 e. The fraction of sp³-hybridized carbons (Fsp3) is 0.250. The van der Waals surface area contributed by atoms with Crippen LogP contribution in [0.4, 0.5) is 5.69 Å². The molecule has 1 atom stereocenters. The number of benzene rings is 1. The molecule has 0 bridgehead atoms. The van der Waals surface area contributed by atoms with E-state index in [1.165, 1.54) is 31.2 Å². The second-order valence-corrected chi connectivity index (χ2v) is 5.62. The average Bonchev–Trinajstić information content (AvgIpc) is 2.80. The van der Waals surface area contributed by atoms with Crippen molar-refractivity contribution >= 4 is 41.1 Å². The van der Waals surface area contributed by atoms with Crippen molar-refractivity contribution in [3.05, 3.63) is 41.1 Å². The summed E-state index contributed by atoms with van der Waals surface area (Å²) in [6.45, 7) is 3.05. The highest BCUT2D eigenvalue weighted by molar-refractivity contribution is 6.31. The summed E-state index contributed by atoms with van der Waals surface area (Å²) in [5, 5.41) is 9.05. The van der Waals surface area contributed by atoms with Crippen molar-refractivity contribution in [2.24, 2.45) is 0 Å². The Morgan fingerprint density at radius 2 is 1.84 bits per heavy atom. The van der Waals surface area contributed by atoms with Gasteiger partial charge in [0.25, 0.3) is 5.91 Å². The topological polar surface area (TPSA) is 110 Å². The minimum absolute atomic E-state index is 0.0646. The van der Waals surface area contributed by atoms with Crippen molar-refractivity contribution in [2.45, 2.75) is 19.4 Å². The molecule has 8 nitrogen and oxygen atoms in total. The van der Waals surface area contributed by atoms with Crippen LogP contribution in [-0.2, 0) is 28.7 Å². The number of amides is 1. The predicted octanol–water partition coefficient (Wildman–Crippen LogP) is 1.52. The van der Waals surface area contributed by atoms with E-state index in [4.69, 9.17) is 21.4 Å². The van der Waals surface area contributed by atoms with Crippen LogP contribution in [0.1, 0.15) is 13.8 Å². The Hall–Kier alpha value is -2.87. The van der Waals surface area contributed by atoms with Gasteiger partial charge < -0.3 is 14.6 Å². The number of carbonyl (C=O) groups excluding carboxylic acids is 3. The number of hydrogen-bond donors (Lipinski definition) is 1. The van der Waals surface area contributed by atoms with E-state index in [-0.39, 0.29) is 6.61 Å². The highest BCUT2D eigenvalue weighted by Gasteiger charge is 2.51. The van der Waals surface area contributed by atoms with Crippen LogP contribution in [-0.4, -0.2) is 41.1 Å². The molecular weight excluding hydrogens is 354 g/mol. The number of aliphatic carboxylic acids is 1. The summed E-state index contributed by atoms with van der Waals surface area (Å²) in [5.41, 5.74) is -1.32. The van der Waals surface area contributed by atoms with Crippen LogP contribution in [0, 0.1) is 0 Å². The quantitative estimate of drug-likeness (QED) is 0.634. The summed E-state index contributed by atoms with van der Waals surface area (Å²) in [6, 6.07) is 6.01. The molecular formula is C16H14ClNO7. The highest BCUT2D eigenvalue weighted by atomic mass is 35.5. The second kappa shape index (κ2) is 6.94. The molecule has 1 unspecified atom stereocenters. The molecule has 0 fully saturated rings. The van der Waals surface area contributed by atoms with Crippen molar-refractivity contribution in [1.29, 1.82) is 0 Å². The van der Waals surface area contributed by atoms with E-state index in [2.05, 4.69) is 4.74 Å². The van der Waals surface area contributed by atoms with Crippen LogP contribution in [0.5, 0.6) is 0 Å². The lowest BCUT2D eigenvalue weighted by Gasteiger charge is -2.32. The molecule has 1 aliphatic rings. The molecule has 1 aromatic carbocycles. The average molecular weight is 368 g/mol. The van der Waals surface area contributed by atoms with E-state index in [1.807, 2.05) is 0 Å². The molecule has 1 N–H and O–H groups in total. The maximum atomic E-state index is 12.6. The molecule has 0 spiro atoms. The minimum atomic E-state index is -1.86. The number of carboxylic acid groups (broad SMARTS) is 1. The first kappa shape index (κ1) is 18.5. The number of anilines is 1. The molecule has 25 heavy (non-hydrogen) atoms. The third-order valence-electron chi connectivity index (χ3n) is 3.44. The summed E-state index contributed by atoms with van der Waals surface area (Å²) < 4.78 is 9.57. The number of ether oxygens (including phenoxy) is 2. The first-order valence-corrected chi connectivity index (χ1v) is 7.53. The smallest absolute Gasteiger partial charge is 0.422 e. The summed E-state index contributed by atoms with van der Waals surface area (Å²) in [7, 11) is 0. The molecule has 0 saturated carbocycles. The minimum Gasteiger partial charge on any atom is -0.473 e. The van der Waals surface area contributed by atoms with Crippen molar-refractivity contribution in [1.82, 2.24) is 0 Å². The van der Waals surface area contributed by atoms with Crippen LogP contribution in [0.15, 0.2) is 36.1 Å². The molecule has 0 aromatic heterocycles. The summed E-state index contributed by atoms with van der Waals surface area (Å²) in [6.07, 6.45) is 1.06. The number of carboxylic acids is 1. The van der Waals surface area contributed by atoms with E-state index in [1.54, 1.807) is 6.92 Å². The van der Waals surface area contributed by atoms with E-state index in [0.29, 0.717) is 10.7 Å². The number of rotatable bonds is 4. The lowest BCUT2D eigenvalue weighted by molar-refractivity contribution is -0.161. The summed E-state index contributed by atoms with van der Waals surface area (Å²) >= 11 is 5.83. The molecule has 132 valence electrons. The molecule has 1 heterocycles. The molecule has 0 radical (unpaired) electrons. The van der Waals surface area contributed by atoms with E-state index < -0.39 is 35.1 Å². The second-order valence-electron chi connectivity index (χ2n) is 5.19. The Balaban J connectivity index is 2.47. The molecule has 1 aromatic rings. The fourth-order valence-electron chi connectivity index (χ4n) is 2.32. The Morgan fingerprint density at radius 1 is 1.24 bits per heavy atom. The summed E-state index contributed by atoms with van der Waals surface area (Å²) in [5.74, 6) is -5.69. The molecule has 1 aliphatic heterocycles. The molecule has 9 heteroatoms. The van der Waals surface area contributed by atoms with E-state index >= 15 is 0 Å². The number of esters is 2. The zero-order valence-corrected chi connectivity index (χ0v) is 14.1. The van der Waals surface area contributed by atoms with Gasteiger partial charge in [0.15, 0.2) is 11.3 Å². The first-order chi connectivity index (χ1) is 11.7. The Labute approximate surface area is 147 Å². The zero-order chi connectivity index (χ0) is 18.8. The lowest BCUT2D eigenvalue weighted by Crippen LogP contribution is -2.51. The van der Waals surface area contributed by atoms with Crippen LogP contribution in [0.25, 0.3) is 0 Å². The maximum absolute atomic E-state index is 12.6. The third kappa shape index (κ3) is 3.48. The third-order valence-corrected chi connectivity index (χ3v) is 3.69. The van der Waals surface area contributed by atoms with Gasteiger partial charge in [-0.25, -0.2) is 14.4 Å². The van der Waals surface area contributed by atoms with Gasteiger partial charge in [-0.2, -0.15) is 0 Å². The number of halogens is 1. The number of nitrogens with zero attached hydrogens (tertiary/aromatic N) is 1. The van der Waals surface area contributed by atoms with Gasteiger partial charge in [0.1, 0.15) is 0 Å². The highest BCUT2D eigenvalue weighted by Crippen LogP contribution is 2.35. The Bertz CT molecular complexity index is 771. The zero-order valence-electron chi connectivity index (χ0n) is 13.3. The van der Waals surface area contributed by atoms with Crippen LogP contribution in [0.2, 0.25) is 5.02 Å². The van der Waals surface area contributed by atoms with Crippen molar-refractivity contribution in [3.63, 3.8) is 0 Å². The van der Waals surface area contributed by atoms with Crippen LogP contribution in [0.3, 0.4) is 0 Å². The fourth-order valence-corrected chi connectivity index (χ4v) is 2.45. The summed E-state index contributed by atoms with van der Waals surface area (Å²) in [4.78, 5) is 48.0. The standard InChI is InChI=1S/C16H14ClNO7/c1-3-24-15(23)16(2)8-11(25-14(22)13(20)21)12(19)18(16)10-6-4-9(17)5-7-10/h4-8H,3H2,1-2H3,(H,20,21). The molecule has 2 rings (SSSR count). The number of hydrogen-bond acceptors (Lipinski definition) is 6. The normalized spacial score (nSPS) is 19.4. The van der Waals surface area contributed by atoms with Gasteiger partial charge >= 0.3 is 17.9 Å². The van der Waals surface area contributed by atoms with E-state index in [9.17, 15) is 19.2 Å². The van der Waals surface area contributed by atoms with Crippen molar-refractivity contribution < 1.29 is 33.8 Å². The predicted molar refractivity (Wildman–Crippen MR) is 85.8 cm³/mol. The molecule has 0 saturated heterocycles. The van der Waals surface area contributed by atoms with Gasteiger partial charge in [-0.05, 0) is 38.1 Å². The Morgan fingerprint density at radius 3 is 2.36 bits per heavy atom. The lowest BCUT2D eigenvalue weighted by atomic mass is 10.0. The van der Waals surface area contributed by atoms with E-state index in [0.717, 1.165) is 11.0 Å².